The van der Waals surface area contributed by atoms with Crippen molar-refractivity contribution in [3.63, 3.8) is 0 Å². The zero-order valence-corrected chi connectivity index (χ0v) is 21.4. The van der Waals surface area contributed by atoms with E-state index in [4.69, 9.17) is 0 Å². The van der Waals surface area contributed by atoms with Crippen molar-refractivity contribution in [3.05, 3.63) is 24.3 Å². The lowest BCUT2D eigenvalue weighted by molar-refractivity contribution is -0.121. The number of hydrogen-bond acceptors (Lipinski definition) is 2. The SMILES string of the molecule is CCCCC(C)(CCCC)CC(=O)N(C)c1ccc(N(C)C(=O)CC(C)(C)CC)cc1. The van der Waals surface area contributed by atoms with Gasteiger partial charge in [0, 0.05) is 38.3 Å². The van der Waals surface area contributed by atoms with E-state index < -0.39 is 0 Å². The number of unbranched alkanes of at least 4 members (excludes halogenated alkanes) is 2. The molecule has 1 aromatic rings. The molecule has 0 aromatic heterocycles. The van der Waals surface area contributed by atoms with Crippen LogP contribution in [-0.4, -0.2) is 25.9 Å². The lowest BCUT2D eigenvalue weighted by atomic mass is 9.77. The van der Waals surface area contributed by atoms with Gasteiger partial charge in [0.15, 0.2) is 0 Å². The molecule has 0 fully saturated rings. The van der Waals surface area contributed by atoms with Gasteiger partial charge < -0.3 is 9.80 Å². The molecule has 0 aliphatic rings. The maximum Gasteiger partial charge on any atom is 0.227 e. The lowest BCUT2D eigenvalue weighted by Crippen LogP contribution is -2.32. The minimum Gasteiger partial charge on any atom is -0.315 e. The molecule has 2 amide bonds. The van der Waals surface area contributed by atoms with Crippen molar-refractivity contribution in [1.29, 1.82) is 0 Å². The first-order valence-corrected chi connectivity index (χ1v) is 12.1. The summed E-state index contributed by atoms with van der Waals surface area (Å²) in [4.78, 5) is 29.2. The highest BCUT2D eigenvalue weighted by Gasteiger charge is 2.28. The fourth-order valence-corrected chi connectivity index (χ4v) is 3.83. The van der Waals surface area contributed by atoms with Crippen LogP contribution in [-0.2, 0) is 9.59 Å². The van der Waals surface area contributed by atoms with Crippen LogP contribution in [0.3, 0.4) is 0 Å². The Hall–Kier alpha value is -1.84. The summed E-state index contributed by atoms with van der Waals surface area (Å²) in [7, 11) is 3.68. The molecule has 0 aliphatic carbocycles. The van der Waals surface area contributed by atoms with E-state index in [-0.39, 0.29) is 22.6 Å². The molecule has 4 heteroatoms. The van der Waals surface area contributed by atoms with Crippen LogP contribution in [0, 0.1) is 10.8 Å². The maximum atomic E-state index is 13.1. The van der Waals surface area contributed by atoms with Gasteiger partial charge in [-0.2, -0.15) is 0 Å². The molecule has 0 heterocycles. The van der Waals surface area contributed by atoms with Gasteiger partial charge in [-0.3, -0.25) is 9.59 Å². The molecule has 1 aromatic carbocycles. The zero-order valence-electron chi connectivity index (χ0n) is 21.4. The Kier molecular flexibility index (Phi) is 10.8. The van der Waals surface area contributed by atoms with E-state index in [0.29, 0.717) is 12.8 Å². The highest BCUT2D eigenvalue weighted by molar-refractivity contribution is 5.95. The molecule has 0 radical (unpaired) electrons. The third-order valence-corrected chi connectivity index (χ3v) is 6.81. The van der Waals surface area contributed by atoms with Crippen molar-refractivity contribution in [2.45, 2.75) is 99.3 Å². The average Bonchev–Trinajstić information content (AvgIpc) is 2.75. The Balaban J connectivity index is 2.84. The first-order chi connectivity index (χ1) is 14.5. The van der Waals surface area contributed by atoms with Crippen molar-refractivity contribution < 1.29 is 9.59 Å². The molecule has 4 nitrogen and oxygen atoms in total. The number of amides is 2. The summed E-state index contributed by atoms with van der Waals surface area (Å²) in [5.41, 5.74) is 1.80. The van der Waals surface area contributed by atoms with E-state index in [0.717, 1.165) is 43.5 Å². The first-order valence-electron chi connectivity index (χ1n) is 12.1. The van der Waals surface area contributed by atoms with Crippen molar-refractivity contribution in [2.24, 2.45) is 10.8 Å². The van der Waals surface area contributed by atoms with Gasteiger partial charge in [-0.15, -0.1) is 0 Å². The molecular formula is C27H46N2O2. The van der Waals surface area contributed by atoms with E-state index in [2.05, 4.69) is 41.5 Å². The summed E-state index contributed by atoms with van der Waals surface area (Å²) in [6, 6.07) is 7.75. The average molecular weight is 431 g/mol. The van der Waals surface area contributed by atoms with Gasteiger partial charge in [-0.1, -0.05) is 73.6 Å². The van der Waals surface area contributed by atoms with Crippen LogP contribution in [0.15, 0.2) is 24.3 Å². The molecule has 31 heavy (non-hydrogen) atoms. The summed E-state index contributed by atoms with van der Waals surface area (Å²) < 4.78 is 0. The quantitative estimate of drug-likeness (QED) is 0.331. The fraction of sp³-hybridized carbons (Fsp3) is 0.704. The van der Waals surface area contributed by atoms with Crippen LogP contribution in [0.25, 0.3) is 0 Å². The van der Waals surface area contributed by atoms with Crippen LogP contribution in [0.1, 0.15) is 99.3 Å². The molecule has 0 saturated heterocycles. The van der Waals surface area contributed by atoms with E-state index in [1.807, 2.05) is 38.4 Å². The number of carbonyl (C=O) groups is 2. The van der Waals surface area contributed by atoms with Crippen LogP contribution >= 0.6 is 0 Å². The summed E-state index contributed by atoms with van der Waals surface area (Å²) >= 11 is 0. The second-order valence-electron chi connectivity index (χ2n) is 10.3. The second-order valence-corrected chi connectivity index (χ2v) is 10.3. The molecule has 1 rings (SSSR count). The largest absolute Gasteiger partial charge is 0.315 e. The molecule has 0 N–H and O–H groups in total. The van der Waals surface area contributed by atoms with Crippen molar-refractivity contribution in [1.82, 2.24) is 0 Å². The van der Waals surface area contributed by atoms with E-state index in [1.54, 1.807) is 9.80 Å². The van der Waals surface area contributed by atoms with Gasteiger partial charge >= 0.3 is 0 Å². The van der Waals surface area contributed by atoms with Gasteiger partial charge in [0.05, 0.1) is 0 Å². The third-order valence-electron chi connectivity index (χ3n) is 6.81. The molecule has 0 atom stereocenters. The molecule has 0 unspecified atom stereocenters. The molecular weight excluding hydrogens is 384 g/mol. The Morgan fingerprint density at radius 2 is 1.13 bits per heavy atom. The smallest absolute Gasteiger partial charge is 0.227 e. The van der Waals surface area contributed by atoms with Crippen LogP contribution in [0.4, 0.5) is 11.4 Å². The summed E-state index contributed by atoms with van der Waals surface area (Å²) in [5.74, 6) is 0.281. The van der Waals surface area contributed by atoms with Crippen molar-refractivity contribution >= 4 is 23.2 Å². The minimum absolute atomic E-state index is 0.000123. The Bertz CT molecular complexity index is 686. The summed E-state index contributed by atoms with van der Waals surface area (Å²) in [6.45, 7) is 13.0. The monoisotopic (exact) mass is 430 g/mol. The normalized spacial score (nSPS) is 12.0. The molecule has 176 valence electrons. The van der Waals surface area contributed by atoms with E-state index >= 15 is 0 Å². The predicted octanol–water partition coefficient (Wildman–Crippen LogP) is 7.22. The lowest BCUT2D eigenvalue weighted by Gasteiger charge is -2.31. The minimum atomic E-state index is 0.000123. The van der Waals surface area contributed by atoms with Crippen LogP contribution < -0.4 is 9.80 Å². The van der Waals surface area contributed by atoms with Crippen molar-refractivity contribution in [3.8, 4) is 0 Å². The topological polar surface area (TPSA) is 40.6 Å². The van der Waals surface area contributed by atoms with E-state index in [1.165, 1.54) is 12.8 Å². The van der Waals surface area contributed by atoms with Gasteiger partial charge in [0.1, 0.15) is 0 Å². The summed E-state index contributed by atoms with van der Waals surface area (Å²) in [5, 5.41) is 0. The zero-order chi connectivity index (χ0) is 23.7. The Morgan fingerprint density at radius 1 is 0.742 bits per heavy atom. The summed E-state index contributed by atoms with van der Waals surface area (Å²) in [6.07, 6.45) is 8.93. The van der Waals surface area contributed by atoms with Crippen molar-refractivity contribution in [2.75, 3.05) is 23.9 Å². The number of benzene rings is 1. The maximum absolute atomic E-state index is 13.1. The highest BCUT2D eigenvalue weighted by atomic mass is 16.2. The van der Waals surface area contributed by atoms with Gasteiger partial charge in [0.25, 0.3) is 0 Å². The Morgan fingerprint density at radius 3 is 1.48 bits per heavy atom. The standard InChI is InChI=1S/C27H46N2O2/c1-9-12-18-27(6,19-13-10-2)21-25(31)29(8)23-16-14-22(15-17-23)28(7)24(30)20-26(4,5)11-3/h14-17H,9-13,18-21H2,1-8H3. The molecule has 0 aliphatic heterocycles. The van der Waals surface area contributed by atoms with Crippen LogP contribution in [0.2, 0.25) is 0 Å². The Labute approximate surface area is 191 Å². The second kappa shape index (κ2) is 12.3. The molecule has 0 spiro atoms. The van der Waals surface area contributed by atoms with Crippen LogP contribution in [0.5, 0.6) is 0 Å². The number of carbonyl (C=O) groups excluding carboxylic acids is 2. The fourth-order valence-electron chi connectivity index (χ4n) is 3.83. The first kappa shape index (κ1) is 27.2. The highest BCUT2D eigenvalue weighted by Crippen LogP contribution is 2.35. The third kappa shape index (κ3) is 8.66. The van der Waals surface area contributed by atoms with Gasteiger partial charge in [0.2, 0.25) is 11.8 Å². The van der Waals surface area contributed by atoms with Gasteiger partial charge in [-0.05, 0) is 47.9 Å². The predicted molar refractivity (Wildman–Crippen MR) is 134 cm³/mol. The number of hydrogen-bond donors (Lipinski definition) is 0. The number of rotatable bonds is 13. The number of anilines is 2. The number of nitrogens with zero attached hydrogens (tertiary/aromatic N) is 2. The molecule has 0 bridgehead atoms. The van der Waals surface area contributed by atoms with E-state index in [9.17, 15) is 9.59 Å². The van der Waals surface area contributed by atoms with Gasteiger partial charge in [-0.25, -0.2) is 0 Å². The molecule has 0 saturated carbocycles.